The first kappa shape index (κ1) is 28.8. The van der Waals surface area contributed by atoms with Crippen LogP contribution in [-0.2, 0) is 4.79 Å². The maximum absolute atomic E-state index is 13.9. The summed E-state index contributed by atoms with van der Waals surface area (Å²) in [6, 6.07) is 18.5. The molecule has 13 nitrogen and oxygen atoms in total. The minimum absolute atomic E-state index is 0. The molecular formula is C30H28ClN9O4. The van der Waals surface area contributed by atoms with Gasteiger partial charge < -0.3 is 25.0 Å². The van der Waals surface area contributed by atoms with E-state index in [1.54, 1.807) is 41.2 Å². The molecule has 1 aliphatic heterocycles. The molecule has 1 fully saturated rings. The predicted molar refractivity (Wildman–Crippen MR) is 169 cm³/mol. The van der Waals surface area contributed by atoms with Crippen LogP contribution in [0.15, 0.2) is 77.9 Å². The Morgan fingerprint density at radius 2 is 1.77 bits per heavy atom. The van der Waals surface area contributed by atoms with Crippen LogP contribution in [0.2, 0.25) is 0 Å². The zero-order valence-electron chi connectivity index (χ0n) is 23.6. The van der Waals surface area contributed by atoms with Crippen molar-refractivity contribution in [2.45, 2.75) is 0 Å². The molecule has 0 saturated carbocycles. The summed E-state index contributed by atoms with van der Waals surface area (Å²) in [4.78, 5) is 47.8. The van der Waals surface area contributed by atoms with Crippen LogP contribution in [0.5, 0.6) is 5.75 Å². The minimum atomic E-state index is -1.10. The van der Waals surface area contributed by atoms with Crippen molar-refractivity contribution in [2.24, 2.45) is 0 Å². The number of aromatic nitrogens is 6. The van der Waals surface area contributed by atoms with Crippen molar-refractivity contribution in [3.63, 3.8) is 0 Å². The number of benzene rings is 2. The number of likely N-dealkylation sites (N-methyl/N-ethyl adjacent to an activating group) is 1. The van der Waals surface area contributed by atoms with Gasteiger partial charge in [0.2, 0.25) is 5.95 Å². The van der Waals surface area contributed by atoms with Crippen molar-refractivity contribution < 1.29 is 14.6 Å². The Bertz CT molecular complexity index is 2040. The van der Waals surface area contributed by atoms with E-state index in [1.165, 1.54) is 10.7 Å². The van der Waals surface area contributed by atoms with Crippen LogP contribution in [-0.4, -0.2) is 84.9 Å². The van der Waals surface area contributed by atoms with Gasteiger partial charge in [0.05, 0.1) is 5.52 Å². The molecule has 0 aliphatic carbocycles. The second-order valence-electron chi connectivity index (χ2n) is 10.3. The summed E-state index contributed by atoms with van der Waals surface area (Å²) in [5, 5.41) is 13.1. The molecular weight excluding hydrogens is 586 g/mol. The lowest BCUT2D eigenvalue weighted by molar-refractivity contribution is -0.139. The molecule has 224 valence electrons. The van der Waals surface area contributed by atoms with E-state index >= 15 is 0 Å². The number of ether oxygens (including phenoxy) is 1. The Morgan fingerprint density at radius 3 is 2.50 bits per heavy atom. The van der Waals surface area contributed by atoms with E-state index in [1.807, 2.05) is 18.2 Å². The Hall–Kier alpha value is -5.27. The molecule has 5 heterocycles. The molecule has 4 aromatic heterocycles. The van der Waals surface area contributed by atoms with Gasteiger partial charge in [-0.1, -0.05) is 6.07 Å². The van der Waals surface area contributed by atoms with E-state index in [0.717, 1.165) is 37.6 Å². The second-order valence-corrected chi connectivity index (χ2v) is 10.3. The first-order valence-corrected chi connectivity index (χ1v) is 13.8. The molecule has 0 radical (unpaired) electrons. The number of anilines is 3. The molecule has 0 bridgehead atoms. The van der Waals surface area contributed by atoms with E-state index in [0.29, 0.717) is 34.1 Å². The van der Waals surface area contributed by atoms with Crippen molar-refractivity contribution in [3.05, 3.63) is 83.4 Å². The zero-order chi connectivity index (χ0) is 29.5. The number of piperazine rings is 1. The van der Waals surface area contributed by atoms with Gasteiger partial charge in [-0.15, -0.1) is 12.4 Å². The Labute approximate surface area is 256 Å². The van der Waals surface area contributed by atoms with Gasteiger partial charge in [-0.2, -0.15) is 9.50 Å². The first-order valence-electron chi connectivity index (χ1n) is 13.8. The highest BCUT2D eigenvalue weighted by Gasteiger charge is 2.20. The molecule has 44 heavy (non-hydrogen) atoms. The van der Waals surface area contributed by atoms with Crippen LogP contribution in [0, 0.1) is 0 Å². The second kappa shape index (κ2) is 11.8. The van der Waals surface area contributed by atoms with Crippen LogP contribution in [0.4, 0.5) is 17.3 Å². The molecule has 1 saturated heterocycles. The molecule has 7 rings (SSSR count). The lowest BCUT2D eigenvalue weighted by atomic mass is 10.2. The first-order chi connectivity index (χ1) is 20.9. The van der Waals surface area contributed by atoms with Crippen molar-refractivity contribution in [2.75, 3.05) is 50.1 Å². The maximum atomic E-state index is 13.9. The van der Waals surface area contributed by atoms with Crippen LogP contribution in [0.25, 0.3) is 33.4 Å². The van der Waals surface area contributed by atoms with Gasteiger partial charge in [0.15, 0.2) is 23.7 Å². The quantitative estimate of drug-likeness (QED) is 0.274. The molecule has 0 spiro atoms. The highest BCUT2D eigenvalue weighted by molar-refractivity contribution is 5.96. The Balaban J connectivity index is 0.00000343. The van der Waals surface area contributed by atoms with Gasteiger partial charge >= 0.3 is 5.97 Å². The molecule has 2 aromatic carbocycles. The number of rotatable bonds is 7. The fourth-order valence-electron chi connectivity index (χ4n) is 5.26. The fourth-order valence-corrected chi connectivity index (χ4v) is 5.26. The molecule has 14 heteroatoms. The minimum Gasteiger partial charge on any atom is -0.482 e. The number of carbonyl (C=O) groups is 1. The van der Waals surface area contributed by atoms with Crippen molar-refractivity contribution in [3.8, 4) is 11.6 Å². The van der Waals surface area contributed by atoms with Gasteiger partial charge in [0, 0.05) is 55.3 Å². The lowest BCUT2D eigenvalue weighted by Gasteiger charge is -2.34. The maximum Gasteiger partial charge on any atom is 0.341 e. The van der Waals surface area contributed by atoms with Crippen molar-refractivity contribution >= 4 is 63.3 Å². The average molecular weight is 614 g/mol. The van der Waals surface area contributed by atoms with Crippen molar-refractivity contribution in [1.82, 2.24) is 34.0 Å². The highest BCUT2D eigenvalue weighted by atomic mass is 35.5. The monoisotopic (exact) mass is 613 g/mol. The Kier molecular flexibility index (Phi) is 7.72. The smallest absolute Gasteiger partial charge is 0.341 e. The summed E-state index contributed by atoms with van der Waals surface area (Å²) < 4.78 is 8.50. The number of nitrogens with zero attached hydrogens (tertiary/aromatic N) is 8. The number of fused-ring (bicyclic) bond motifs is 4. The molecule has 0 atom stereocenters. The number of carboxylic acid groups (broad SMARTS) is 1. The SMILES string of the molecule is CN1CCN(c2ccc(Nc3ncc4c(=O)n5c(nc4n3)c3cc(OCC(=O)O)ccc3n5-c3ccccn3)cc2)CC1.Cl. The number of nitrogens with one attached hydrogen (secondary N) is 1. The highest BCUT2D eigenvalue weighted by Crippen LogP contribution is 2.28. The van der Waals surface area contributed by atoms with Crippen LogP contribution in [0.1, 0.15) is 0 Å². The number of pyridine rings is 1. The van der Waals surface area contributed by atoms with Gasteiger partial charge in [-0.05, 0) is 61.6 Å². The van der Waals surface area contributed by atoms with Crippen LogP contribution < -0.4 is 20.5 Å². The number of halogens is 1. The van der Waals surface area contributed by atoms with Crippen molar-refractivity contribution in [1.29, 1.82) is 0 Å². The van der Waals surface area contributed by atoms with Gasteiger partial charge in [-0.3, -0.25) is 4.79 Å². The third-order valence-electron chi connectivity index (χ3n) is 7.46. The average Bonchev–Trinajstić information content (AvgIpc) is 3.35. The number of hydrogen-bond acceptors (Lipinski definition) is 10. The largest absolute Gasteiger partial charge is 0.482 e. The van der Waals surface area contributed by atoms with Gasteiger partial charge in [-0.25, -0.2) is 24.4 Å². The van der Waals surface area contributed by atoms with Gasteiger partial charge in [0.25, 0.3) is 5.56 Å². The summed E-state index contributed by atoms with van der Waals surface area (Å²) in [5.41, 5.74) is 2.76. The zero-order valence-corrected chi connectivity index (χ0v) is 24.4. The summed E-state index contributed by atoms with van der Waals surface area (Å²) in [6.45, 7) is 3.53. The number of aliphatic carboxylic acids is 1. The number of carboxylic acids is 1. The van der Waals surface area contributed by atoms with E-state index in [2.05, 4.69) is 49.2 Å². The van der Waals surface area contributed by atoms with E-state index in [4.69, 9.17) is 14.8 Å². The van der Waals surface area contributed by atoms with Gasteiger partial charge in [0.1, 0.15) is 11.1 Å². The third-order valence-corrected chi connectivity index (χ3v) is 7.46. The lowest BCUT2D eigenvalue weighted by Crippen LogP contribution is -2.44. The molecule has 1 aliphatic rings. The molecule has 6 aromatic rings. The summed E-state index contributed by atoms with van der Waals surface area (Å²) in [6.07, 6.45) is 3.10. The van der Waals surface area contributed by atoms with Crippen LogP contribution >= 0.6 is 12.4 Å². The van der Waals surface area contributed by atoms with Crippen LogP contribution in [0.3, 0.4) is 0 Å². The standard InChI is InChI=1S/C30H27N9O4.ClH/c1-36-12-14-37(15-13-36)20-7-5-19(6-8-20)33-30-32-17-23-27(35-30)34-28-22-16-21(43-18-26(40)41)9-10-24(22)38(39(28)29(23)42)25-4-2-3-11-31-25;/h2-11,16-17H,12-15,18H2,1H3,(H,40,41)(H,32,33,35);1H. The topological polar surface area (TPSA) is 143 Å². The fraction of sp³-hybridized carbons (Fsp3) is 0.200. The normalized spacial score (nSPS) is 13.7. The molecule has 0 amide bonds. The summed E-state index contributed by atoms with van der Waals surface area (Å²) in [7, 11) is 2.13. The molecule has 2 N–H and O–H groups in total. The number of hydrogen-bond donors (Lipinski definition) is 2. The van der Waals surface area contributed by atoms with E-state index in [-0.39, 0.29) is 29.0 Å². The predicted octanol–water partition coefficient (Wildman–Crippen LogP) is 3.36. The summed E-state index contributed by atoms with van der Waals surface area (Å²) in [5.74, 6) is 0.0382. The Morgan fingerprint density at radius 1 is 0.977 bits per heavy atom. The summed E-state index contributed by atoms with van der Waals surface area (Å²) >= 11 is 0. The van der Waals surface area contributed by atoms with E-state index < -0.39 is 12.6 Å². The van der Waals surface area contributed by atoms with E-state index in [9.17, 15) is 9.59 Å². The third kappa shape index (κ3) is 5.34. The molecule has 0 unspecified atom stereocenters.